The van der Waals surface area contributed by atoms with Crippen molar-refractivity contribution in [2.45, 2.75) is 40.0 Å². The van der Waals surface area contributed by atoms with Crippen LogP contribution < -0.4 is 5.32 Å². The van der Waals surface area contributed by atoms with Gasteiger partial charge in [0.15, 0.2) is 0 Å². The zero-order valence-electron chi connectivity index (χ0n) is 8.81. The zero-order valence-corrected chi connectivity index (χ0v) is 8.81. The van der Waals surface area contributed by atoms with Gasteiger partial charge in [-0.3, -0.25) is 4.79 Å². The second-order valence-corrected chi connectivity index (χ2v) is 5.52. The summed E-state index contributed by atoms with van der Waals surface area (Å²) in [6.07, 6.45) is 3.62. The van der Waals surface area contributed by atoms with E-state index >= 15 is 0 Å². The summed E-state index contributed by atoms with van der Waals surface area (Å²) < 4.78 is 0. The summed E-state index contributed by atoms with van der Waals surface area (Å²) >= 11 is 0. The molecule has 0 aromatic rings. The van der Waals surface area contributed by atoms with E-state index in [2.05, 4.69) is 26.1 Å². The van der Waals surface area contributed by atoms with Crippen molar-refractivity contribution in [2.75, 3.05) is 6.54 Å². The monoisotopic (exact) mass is 181 g/mol. The van der Waals surface area contributed by atoms with Crippen molar-refractivity contribution >= 4 is 5.91 Å². The summed E-state index contributed by atoms with van der Waals surface area (Å²) in [6.45, 7) is 7.35. The third-order valence-corrected chi connectivity index (χ3v) is 3.96. The predicted molar refractivity (Wildman–Crippen MR) is 52.2 cm³/mol. The zero-order chi connectivity index (χ0) is 9.69. The average molecular weight is 181 g/mol. The van der Waals surface area contributed by atoms with Crippen LogP contribution >= 0.6 is 0 Å². The molecule has 2 aliphatic rings. The van der Waals surface area contributed by atoms with Gasteiger partial charge in [-0.1, -0.05) is 20.8 Å². The molecule has 0 saturated heterocycles. The molecular weight excluding hydrogens is 162 g/mol. The quantitative estimate of drug-likeness (QED) is 0.708. The summed E-state index contributed by atoms with van der Waals surface area (Å²) in [5.74, 6) is 0.854. The van der Waals surface area contributed by atoms with Crippen LogP contribution in [0.1, 0.15) is 40.0 Å². The first-order valence-corrected chi connectivity index (χ1v) is 5.25. The SMILES string of the molecule is CC1CC1(C)C(=O)NCC1(C)CC1. The number of carbonyl (C=O) groups is 1. The molecule has 1 N–H and O–H groups in total. The number of nitrogens with one attached hydrogen (secondary N) is 1. The van der Waals surface area contributed by atoms with Crippen LogP contribution in [0, 0.1) is 16.7 Å². The van der Waals surface area contributed by atoms with Gasteiger partial charge in [-0.25, -0.2) is 0 Å². The van der Waals surface area contributed by atoms with Crippen LogP contribution in [-0.4, -0.2) is 12.5 Å². The molecule has 0 aromatic heterocycles. The maximum absolute atomic E-state index is 11.7. The van der Waals surface area contributed by atoms with Gasteiger partial charge in [0.1, 0.15) is 0 Å². The van der Waals surface area contributed by atoms with E-state index in [9.17, 15) is 4.79 Å². The van der Waals surface area contributed by atoms with Gasteiger partial charge in [0.05, 0.1) is 0 Å². The molecular formula is C11H19NO. The first-order valence-electron chi connectivity index (χ1n) is 5.25. The Kier molecular flexibility index (Phi) is 1.73. The molecule has 0 heterocycles. The van der Waals surface area contributed by atoms with Crippen molar-refractivity contribution in [3.05, 3.63) is 0 Å². The van der Waals surface area contributed by atoms with Crippen molar-refractivity contribution in [1.82, 2.24) is 5.32 Å². The highest BCUT2D eigenvalue weighted by Crippen LogP contribution is 2.52. The molecule has 74 valence electrons. The summed E-state index contributed by atoms with van der Waals surface area (Å²) in [4.78, 5) is 11.7. The third kappa shape index (κ3) is 1.59. The maximum atomic E-state index is 11.7. The van der Waals surface area contributed by atoms with Crippen LogP contribution in [0.25, 0.3) is 0 Å². The van der Waals surface area contributed by atoms with Crippen LogP contribution in [0.2, 0.25) is 0 Å². The minimum atomic E-state index is -0.0365. The van der Waals surface area contributed by atoms with E-state index in [1.54, 1.807) is 0 Å². The number of hydrogen-bond acceptors (Lipinski definition) is 1. The number of amides is 1. The Balaban J connectivity index is 1.79. The Hall–Kier alpha value is -0.530. The minimum absolute atomic E-state index is 0.0365. The predicted octanol–water partition coefficient (Wildman–Crippen LogP) is 1.95. The average Bonchev–Trinajstić information content (AvgIpc) is 2.92. The van der Waals surface area contributed by atoms with Crippen molar-refractivity contribution in [3.63, 3.8) is 0 Å². The van der Waals surface area contributed by atoms with E-state index in [-0.39, 0.29) is 11.3 Å². The maximum Gasteiger partial charge on any atom is 0.226 e. The molecule has 2 saturated carbocycles. The molecule has 2 aliphatic carbocycles. The fraction of sp³-hybridized carbons (Fsp3) is 0.909. The van der Waals surface area contributed by atoms with Crippen LogP contribution in [0.5, 0.6) is 0 Å². The van der Waals surface area contributed by atoms with Gasteiger partial charge in [-0.15, -0.1) is 0 Å². The Morgan fingerprint density at radius 1 is 1.46 bits per heavy atom. The van der Waals surface area contributed by atoms with Crippen molar-refractivity contribution in [1.29, 1.82) is 0 Å². The standard InChI is InChI=1S/C11H19NO/c1-8-6-11(8,3)9(13)12-7-10(2)4-5-10/h8H,4-7H2,1-3H3,(H,12,13). The second kappa shape index (κ2) is 2.49. The van der Waals surface area contributed by atoms with Crippen LogP contribution in [0.3, 0.4) is 0 Å². The van der Waals surface area contributed by atoms with E-state index in [0.29, 0.717) is 11.3 Å². The van der Waals surface area contributed by atoms with Gasteiger partial charge in [0.25, 0.3) is 0 Å². The first kappa shape index (κ1) is 9.04. The smallest absolute Gasteiger partial charge is 0.226 e. The number of rotatable bonds is 3. The fourth-order valence-electron chi connectivity index (χ4n) is 1.78. The third-order valence-electron chi connectivity index (χ3n) is 3.96. The molecule has 0 radical (unpaired) electrons. The number of hydrogen-bond donors (Lipinski definition) is 1. The van der Waals surface area contributed by atoms with Gasteiger partial charge in [0, 0.05) is 12.0 Å². The lowest BCUT2D eigenvalue weighted by Crippen LogP contribution is -2.34. The highest BCUT2D eigenvalue weighted by atomic mass is 16.2. The molecule has 2 nitrogen and oxygen atoms in total. The topological polar surface area (TPSA) is 29.1 Å². The summed E-state index contributed by atoms with van der Waals surface area (Å²) in [7, 11) is 0. The van der Waals surface area contributed by atoms with Gasteiger partial charge < -0.3 is 5.32 Å². The van der Waals surface area contributed by atoms with E-state index in [1.165, 1.54) is 12.8 Å². The van der Waals surface area contributed by atoms with Crippen LogP contribution in [-0.2, 0) is 4.79 Å². The molecule has 1 amide bonds. The van der Waals surface area contributed by atoms with Gasteiger partial charge in [0.2, 0.25) is 5.91 Å². The first-order chi connectivity index (χ1) is 5.96. The molecule has 2 unspecified atom stereocenters. The van der Waals surface area contributed by atoms with Crippen molar-refractivity contribution in [2.24, 2.45) is 16.7 Å². The Morgan fingerprint density at radius 3 is 2.38 bits per heavy atom. The molecule has 0 aromatic carbocycles. The molecule has 2 fully saturated rings. The molecule has 0 aliphatic heterocycles. The Bertz CT molecular complexity index is 244. The number of carbonyl (C=O) groups excluding carboxylic acids is 1. The van der Waals surface area contributed by atoms with Crippen molar-refractivity contribution in [3.8, 4) is 0 Å². The molecule has 2 heteroatoms. The summed E-state index contributed by atoms with van der Waals surface area (Å²) in [6, 6.07) is 0. The van der Waals surface area contributed by atoms with Gasteiger partial charge in [-0.05, 0) is 30.6 Å². The lowest BCUT2D eigenvalue weighted by atomic mass is 10.1. The Labute approximate surface area is 80.1 Å². The fourth-order valence-corrected chi connectivity index (χ4v) is 1.78. The molecule has 13 heavy (non-hydrogen) atoms. The largest absolute Gasteiger partial charge is 0.355 e. The molecule has 2 rings (SSSR count). The van der Waals surface area contributed by atoms with E-state index in [1.807, 2.05) is 0 Å². The van der Waals surface area contributed by atoms with Crippen LogP contribution in [0.4, 0.5) is 0 Å². The normalized spacial score (nSPS) is 39.8. The van der Waals surface area contributed by atoms with Crippen LogP contribution in [0.15, 0.2) is 0 Å². The van der Waals surface area contributed by atoms with E-state index in [4.69, 9.17) is 0 Å². The van der Waals surface area contributed by atoms with Crippen molar-refractivity contribution < 1.29 is 4.79 Å². The summed E-state index contributed by atoms with van der Waals surface area (Å²) in [5.41, 5.74) is 0.398. The Morgan fingerprint density at radius 2 is 2.00 bits per heavy atom. The van der Waals surface area contributed by atoms with E-state index < -0.39 is 0 Å². The highest BCUT2D eigenvalue weighted by molar-refractivity contribution is 5.85. The minimum Gasteiger partial charge on any atom is -0.355 e. The highest BCUT2D eigenvalue weighted by Gasteiger charge is 2.53. The lowest BCUT2D eigenvalue weighted by molar-refractivity contribution is -0.126. The lowest BCUT2D eigenvalue weighted by Gasteiger charge is -2.14. The molecule has 2 atom stereocenters. The summed E-state index contributed by atoms with van der Waals surface area (Å²) in [5, 5.41) is 3.08. The molecule has 0 bridgehead atoms. The van der Waals surface area contributed by atoms with E-state index in [0.717, 1.165) is 13.0 Å². The second-order valence-electron chi connectivity index (χ2n) is 5.52. The molecule has 0 spiro atoms. The van der Waals surface area contributed by atoms with Gasteiger partial charge in [-0.2, -0.15) is 0 Å². The van der Waals surface area contributed by atoms with Gasteiger partial charge >= 0.3 is 0 Å².